The maximum absolute atomic E-state index is 13.1. The van der Waals surface area contributed by atoms with Crippen LogP contribution in [0.5, 0.6) is 0 Å². The van der Waals surface area contributed by atoms with Crippen LogP contribution in [0.15, 0.2) is 41.1 Å². The molecule has 3 rings (SSSR count). The van der Waals surface area contributed by atoms with Crippen LogP contribution in [-0.4, -0.2) is 59.5 Å². The molecule has 1 aliphatic heterocycles. The van der Waals surface area contributed by atoms with Gasteiger partial charge in [0.25, 0.3) is 5.91 Å². The molecule has 0 atom stereocenters. The molecule has 0 aliphatic carbocycles. The molecule has 0 unspecified atom stereocenters. The zero-order chi connectivity index (χ0) is 18.4. The highest BCUT2D eigenvalue weighted by molar-refractivity contribution is 5.99. The standard InChI is InChI=1S/C18H21FN4O3/c19-15-5-3-14(4-6-15)18(25)23(11-10-22-8-1-2-9-22)13-17(24)20-16-7-12-26-21-16/h3-7,12H,1-2,8-11,13H2,(H,20,21,24). The second-order valence-corrected chi connectivity index (χ2v) is 6.22. The van der Waals surface area contributed by atoms with Crippen LogP contribution >= 0.6 is 0 Å². The fourth-order valence-corrected chi connectivity index (χ4v) is 2.93. The summed E-state index contributed by atoms with van der Waals surface area (Å²) < 4.78 is 17.8. The first kappa shape index (κ1) is 18.1. The highest BCUT2D eigenvalue weighted by Gasteiger charge is 2.21. The zero-order valence-electron chi connectivity index (χ0n) is 14.4. The molecule has 2 aromatic rings. The van der Waals surface area contributed by atoms with Crippen LogP contribution in [0.4, 0.5) is 10.2 Å². The highest BCUT2D eigenvalue weighted by Crippen LogP contribution is 2.10. The van der Waals surface area contributed by atoms with E-state index in [-0.39, 0.29) is 18.4 Å². The molecule has 0 radical (unpaired) electrons. The van der Waals surface area contributed by atoms with Crippen molar-refractivity contribution < 1.29 is 18.5 Å². The minimum absolute atomic E-state index is 0.114. The number of nitrogens with one attached hydrogen (secondary N) is 1. The Kier molecular flexibility index (Phi) is 5.96. The Morgan fingerprint density at radius 3 is 2.58 bits per heavy atom. The maximum atomic E-state index is 13.1. The van der Waals surface area contributed by atoms with Gasteiger partial charge >= 0.3 is 0 Å². The fourth-order valence-electron chi connectivity index (χ4n) is 2.93. The van der Waals surface area contributed by atoms with Gasteiger partial charge in [0.2, 0.25) is 5.91 Å². The first-order valence-corrected chi connectivity index (χ1v) is 8.59. The van der Waals surface area contributed by atoms with Crippen LogP contribution in [0, 0.1) is 5.82 Å². The summed E-state index contributed by atoms with van der Waals surface area (Å²) in [5, 5.41) is 6.21. The summed E-state index contributed by atoms with van der Waals surface area (Å²) >= 11 is 0. The molecule has 1 N–H and O–H groups in total. The molecule has 1 aliphatic rings. The van der Waals surface area contributed by atoms with Gasteiger partial charge < -0.3 is 19.6 Å². The monoisotopic (exact) mass is 360 g/mol. The summed E-state index contributed by atoms with van der Waals surface area (Å²) in [6.45, 7) is 3.01. The van der Waals surface area contributed by atoms with Crippen molar-refractivity contribution in [2.45, 2.75) is 12.8 Å². The van der Waals surface area contributed by atoms with Gasteiger partial charge in [-0.15, -0.1) is 0 Å². The highest BCUT2D eigenvalue weighted by atomic mass is 19.1. The lowest BCUT2D eigenvalue weighted by molar-refractivity contribution is -0.117. The van der Waals surface area contributed by atoms with Gasteiger partial charge in [-0.05, 0) is 50.2 Å². The van der Waals surface area contributed by atoms with Crippen LogP contribution in [0.1, 0.15) is 23.2 Å². The van der Waals surface area contributed by atoms with Crippen molar-refractivity contribution in [2.75, 3.05) is 38.0 Å². The number of carbonyl (C=O) groups is 2. The van der Waals surface area contributed by atoms with E-state index in [4.69, 9.17) is 0 Å². The molecule has 138 valence electrons. The molecule has 2 heterocycles. The van der Waals surface area contributed by atoms with Gasteiger partial charge in [-0.1, -0.05) is 5.16 Å². The van der Waals surface area contributed by atoms with Gasteiger partial charge in [0, 0.05) is 24.7 Å². The zero-order valence-corrected chi connectivity index (χ0v) is 14.4. The molecule has 8 heteroatoms. The van der Waals surface area contributed by atoms with Gasteiger partial charge in [0.1, 0.15) is 18.6 Å². The largest absolute Gasteiger partial charge is 0.363 e. The molecular formula is C18H21FN4O3. The van der Waals surface area contributed by atoms with Crippen LogP contribution in [0.2, 0.25) is 0 Å². The fraction of sp³-hybridized carbons (Fsp3) is 0.389. The van der Waals surface area contributed by atoms with Gasteiger partial charge in [-0.2, -0.15) is 0 Å². The molecular weight excluding hydrogens is 339 g/mol. The smallest absolute Gasteiger partial charge is 0.254 e. The number of benzene rings is 1. The lowest BCUT2D eigenvalue weighted by atomic mass is 10.2. The average Bonchev–Trinajstić information content (AvgIpc) is 3.32. The third kappa shape index (κ3) is 4.89. The Hall–Kier alpha value is -2.74. The number of halogens is 1. The van der Waals surface area contributed by atoms with Gasteiger partial charge in [0.05, 0.1) is 0 Å². The third-order valence-corrected chi connectivity index (χ3v) is 4.30. The molecule has 7 nitrogen and oxygen atoms in total. The van der Waals surface area contributed by atoms with Crippen LogP contribution < -0.4 is 5.32 Å². The van der Waals surface area contributed by atoms with Crippen LogP contribution in [0.25, 0.3) is 0 Å². The number of rotatable bonds is 7. The molecule has 0 spiro atoms. The lowest BCUT2D eigenvalue weighted by Crippen LogP contribution is -2.42. The number of hydrogen-bond acceptors (Lipinski definition) is 5. The van der Waals surface area contributed by atoms with E-state index in [1.165, 1.54) is 41.5 Å². The normalized spacial score (nSPS) is 14.3. The van der Waals surface area contributed by atoms with E-state index in [0.29, 0.717) is 24.5 Å². The molecule has 0 saturated carbocycles. The van der Waals surface area contributed by atoms with E-state index in [0.717, 1.165) is 25.9 Å². The van der Waals surface area contributed by atoms with Crippen molar-refractivity contribution in [3.8, 4) is 0 Å². The summed E-state index contributed by atoms with van der Waals surface area (Å²) in [6, 6.07) is 6.85. The summed E-state index contributed by atoms with van der Waals surface area (Å²) in [5.74, 6) is -0.784. The predicted octanol–water partition coefficient (Wildman–Crippen LogP) is 1.99. The number of hydrogen-bond donors (Lipinski definition) is 1. The molecule has 1 aromatic heterocycles. The Morgan fingerprint density at radius 2 is 1.92 bits per heavy atom. The topological polar surface area (TPSA) is 78.7 Å². The summed E-state index contributed by atoms with van der Waals surface area (Å²) in [4.78, 5) is 28.8. The van der Waals surface area contributed by atoms with E-state index >= 15 is 0 Å². The minimum atomic E-state index is -0.408. The summed E-state index contributed by atoms with van der Waals surface area (Å²) in [5.41, 5.74) is 0.349. The van der Waals surface area contributed by atoms with Crippen molar-refractivity contribution in [3.63, 3.8) is 0 Å². The maximum Gasteiger partial charge on any atom is 0.254 e. The molecule has 1 saturated heterocycles. The number of aromatic nitrogens is 1. The second kappa shape index (κ2) is 8.57. The quantitative estimate of drug-likeness (QED) is 0.817. The first-order chi connectivity index (χ1) is 12.6. The van der Waals surface area contributed by atoms with Gasteiger partial charge in [0.15, 0.2) is 5.82 Å². The van der Waals surface area contributed by atoms with Crippen molar-refractivity contribution in [1.82, 2.24) is 15.0 Å². The third-order valence-electron chi connectivity index (χ3n) is 4.30. The SMILES string of the molecule is O=C(CN(CCN1CCCC1)C(=O)c1ccc(F)cc1)Nc1ccon1. The predicted molar refractivity (Wildman–Crippen MR) is 93.1 cm³/mol. The summed E-state index contributed by atoms with van der Waals surface area (Å²) in [7, 11) is 0. The molecule has 1 fully saturated rings. The van der Waals surface area contributed by atoms with E-state index in [1.807, 2.05) is 0 Å². The molecule has 0 bridgehead atoms. The first-order valence-electron chi connectivity index (χ1n) is 8.59. The van der Waals surface area contributed by atoms with E-state index in [2.05, 4.69) is 19.9 Å². The van der Waals surface area contributed by atoms with Crippen molar-refractivity contribution in [1.29, 1.82) is 0 Å². The van der Waals surface area contributed by atoms with E-state index in [9.17, 15) is 14.0 Å². The Balaban J connectivity index is 1.66. The van der Waals surface area contributed by atoms with Gasteiger partial charge in [-0.25, -0.2) is 4.39 Å². The molecule has 1 aromatic carbocycles. The second-order valence-electron chi connectivity index (χ2n) is 6.22. The lowest BCUT2D eigenvalue weighted by Gasteiger charge is -2.25. The number of anilines is 1. The molecule has 2 amide bonds. The van der Waals surface area contributed by atoms with E-state index < -0.39 is 5.82 Å². The van der Waals surface area contributed by atoms with Gasteiger partial charge in [-0.3, -0.25) is 9.59 Å². The minimum Gasteiger partial charge on any atom is -0.363 e. The van der Waals surface area contributed by atoms with Crippen molar-refractivity contribution in [3.05, 3.63) is 48.0 Å². The Labute approximate surface area is 150 Å². The van der Waals surface area contributed by atoms with E-state index in [1.54, 1.807) is 0 Å². The van der Waals surface area contributed by atoms with Crippen LogP contribution in [0.3, 0.4) is 0 Å². The Morgan fingerprint density at radius 1 is 1.19 bits per heavy atom. The Bertz CT molecular complexity index is 727. The van der Waals surface area contributed by atoms with Crippen molar-refractivity contribution in [2.24, 2.45) is 0 Å². The molecule has 26 heavy (non-hydrogen) atoms. The number of nitrogens with zero attached hydrogens (tertiary/aromatic N) is 3. The average molecular weight is 360 g/mol. The summed E-state index contributed by atoms with van der Waals surface area (Å²) in [6.07, 6.45) is 3.65. The number of amides is 2. The number of carbonyl (C=O) groups excluding carboxylic acids is 2. The van der Waals surface area contributed by atoms with Crippen LogP contribution in [-0.2, 0) is 4.79 Å². The number of likely N-dealkylation sites (tertiary alicyclic amines) is 1. The van der Waals surface area contributed by atoms with Crippen molar-refractivity contribution >= 4 is 17.6 Å².